The Labute approximate surface area is 158 Å². The van der Waals surface area contributed by atoms with Crippen LogP contribution >= 0.6 is 11.3 Å². The lowest BCUT2D eigenvalue weighted by molar-refractivity contribution is -0.123. The van der Waals surface area contributed by atoms with Gasteiger partial charge in [0.05, 0.1) is 10.6 Å². The monoisotopic (exact) mass is 376 g/mol. The second-order valence-electron chi connectivity index (χ2n) is 7.82. The number of thiophene rings is 1. The molecule has 0 saturated carbocycles. The molecule has 0 aliphatic rings. The van der Waals surface area contributed by atoms with Gasteiger partial charge in [0.25, 0.3) is 5.91 Å². The normalized spacial score (nSPS) is 11.8. The van der Waals surface area contributed by atoms with Crippen LogP contribution in [0.3, 0.4) is 0 Å². The Kier molecular flexibility index (Phi) is 6.01. The summed E-state index contributed by atoms with van der Waals surface area (Å²) in [6.45, 7) is 14.6. The van der Waals surface area contributed by atoms with Gasteiger partial charge in [-0.1, -0.05) is 34.6 Å². The molecular weight excluding hydrogens is 348 g/mol. The van der Waals surface area contributed by atoms with Crippen molar-refractivity contribution in [3.63, 3.8) is 0 Å². The molecule has 0 unspecified atom stereocenters. The Morgan fingerprint density at radius 1 is 1.08 bits per heavy atom. The van der Waals surface area contributed by atoms with E-state index in [2.05, 4.69) is 41.4 Å². The average molecular weight is 377 g/mol. The number of aryl methyl sites for hydroxylation is 2. The maximum Gasteiger partial charge on any atom is 0.261 e. The summed E-state index contributed by atoms with van der Waals surface area (Å²) in [5, 5.41) is 6.62. The van der Waals surface area contributed by atoms with Crippen LogP contribution in [0.5, 0.6) is 0 Å². The highest BCUT2D eigenvalue weighted by Gasteiger charge is 2.23. The molecule has 2 aromatic rings. The number of amides is 2. The van der Waals surface area contributed by atoms with Gasteiger partial charge in [0.1, 0.15) is 10.7 Å². The molecule has 2 rings (SSSR count). The van der Waals surface area contributed by atoms with Gasteiger partial charge in [0, 0.05) is 29.8 Å². The van der Waals surface area contributed by atoms with E-state index in [1.165, 1.54) is 11.3 Å². The summed E-state index contributed by atoms with van der Waals surface area (Å²) in [6.07, 6.45) is 0. The standard InChI is InChI=1S/C19H28N4O2S/c1-10(2)15(24)20-8-9-21-16(25)14-11(3)13-12(4)22-18(19(5,6)7)23-17(13)26-14/h10H,8-9H2,1-7H3,(H,20,24)(H,21,25). The highest BCUT2D eigenvalue weighted by atomic mass is 32.1. The summed E-state index contributed by atoms with van der Waals surface area (Å²) in [4.78, 5) is 34.9. The zero-order valence-corrected chi connectivity index (χ0v) is 17.4. The summed E-state index contributed by atoms with van der Waals surface area (Å²) < 4.78 is 0. The summed E-state index contributed by atoms with van der Waals surface area (Å²) in [5.74, 6) is 0.570. The first-order chi connectivity index (χ1) is 12.0. The molecule has 0 bridgehead atoms. The summed E-state index contributed by atoms with van der Waals surface area (Å²) in [5.41, 5.74) is 1.66. The zero-order chi connectivity index (χ0) is 19.6. The van der Waals surface area contributed by atoms with Crippen LogP contribution in [0.25, 0.3) is 10.2 Å². The summed E-state index contributed by atoms with van der Waals surface area (Å²) >= 11 is 1.40. The molecule has 26 heavy (non-hydrogen) atoms. The Balaban J connectivity index is 2.17. The van der Waals surface area contributed by atoms with E-state index in [0.29, 0.717) is 18.0 Å². The third kappa shape index (κ3) is 4.38. The second kappa shape index (κ2) is 7.70. The van der Waals surface area contributed by atoms with E-state index in [4.69, 9.17) is 0 Å². The number of hydrogen-bond acceptors (Lipinski definition) is 5. The van der Waals surface area contributed by atoms with Crippen molar-refractivity contribution in [2.45, 2.75) is 53.9 Å². The predicted octanol–water partition coefficient (Wildman–Crippen LogP) is 3.11. The molecule has 142 valence electrons. The minimum Gasteiger partial charge on any atom is -0.354 e. The van der Waals surface area contributed by atoms with Crippen LogP contribution in [0.2, 0.25) is 0 Å². The molecule has 7 heteroatoms. The van der Waals surface area contributed by atoms with E-state index in [9.17, 15) is 9.59 Å². The van der Waals surface area contributed by atoms with Crippen LogP contribution < -0.4 is 10.6 Å². The highest BCUT2D eigenvalue weighted by molar-refractivity contribution is 7.20. The van der Waals surface area contributed by atoms with Crippen molar-refractivity contribution < 1.29 is 9.59 Å². The van der Waals surface area contributed by atoms with Crippen molar-refractivity contribution in [1.82, 2.24) is 20.6 Å². The van der Waals surface area contributed by atoms with E-state index < -0.39 is 0 Å². The van der Waals surface area contributed by atoms with E-state index in [1.54, 1.807) is 0 Å². The Bertz CT molecular complexity index is 834. The van der Waals surface area contributed by atoms with Gasteiger partial charge in [-0.2, -0.15) is 0 Å². The number of nitrogens with one attached hydrogen (secondary N) is 2. The molecule has 0 aromatic carbocycles. The molecule has 2 aromatic heterocycles. The van der Waals surface area contributed by atoms with Gasteiger partial charge in [-0.25, -0.2) is 9.97 Å². The second-order valence-corrected chi connectivity index (χ2v) is 8.82. The van der Waals surface area contributed by atoms with Crippen LogP contribution in [0.4, 0.5) is 0 Å². The zero-order valence-electron chi connectivity index (χ0n) is 16.6. The maximum atomic E-state index is 12.5. The van der Waals surface area contributed by atoms with Gasteiger partial charge < -0.3 is 10.6 Å². The molecule has 0 spiro atoms. The Hall–Kier alpha value is -2.02. The first kappa shape index (κ1) is 20.3. The molecule has 2 N–H and O–H groups in total. The van der Waals surface area contributed by atoms with Crippen LogP contribution in [-0.2, 0) is 10.2 Å². The lowest BCUT2D eigenvalue weighted by atomic mass is 9.95. The largest absolute Gasteiger partial charge is 0.354 e. The first-order valence-electron chi connectivity index (χ1n) is 8.86. The van der Waals surface area contributed by atoms with Crippen molar-refractivity contribution in [2.24, 2.45) is 5.92 Å². The predicted molar refractivity (Wildman–Crippen MR) is 106 cm³/mol. The van der Waals surface area contributed by atoms with E-state index in [-0.39, 0.29) is 23.1 Å². The quantitative estimate of drug-likeness (QED) is 0.786. The van der Waals surface area contributed by atoms with Crippen molar-refractivity contribution >= 4 is 33.4 Å². The third-order valence-corrected chi connectivity index (χ3v) is 5.27. The van der Waals surface area contributed by atoms with Gasteiger partial charge in [0.2, 0.25) is 5.91 Å². The van der Waals surface area contributed by atoms with Crippen LogP contribution in [0.1, 0.15) is 61.4 Å². The Morgan fingerprint density at radius 3 is 2.27 bits per heavy atom. The maximum absolute atomic E-state index is 12.5. The fraction of sp³-hybridized carbons (Fsp3) is 0.579. The van der Waals surface area contributed by atoms with E-state index >= 15 is 0 Å². The van der Waals surface area contributed by atoms with Crippen molar-refractivity contribution in [3.05, 3.63) is 22.0 Å². The summed E-state index contributed by atoms with van der Waals surface area (Å²) in [7, 11) is 0. The van der Waals surface area contributed by atoms with Gasteiger partial charge >= 0.3 is 0 Å². The molecule has 0 radical (unpaired) electrons. The summed E-state index contributed by atoms with van der Waals surface area (Å²) in [6, 6.07) is 0. The number of carbonyl (C=O) groups is 2. The number of nitrogens with zero attached hydrogens (tertiary/aromatic N) is 2. The topological polar surface area (TPSA) is 84.0 Å². The molecule has 2 amide bonds. The molecule has 0 atom stereocenters. The van der Waals surface area contributed by atoms with Crippen LogP contribution in [-0.4, -0.2) is 34.9 Å². The van der Waals surface area contributed by atoms with Crippen LogP contribution in [0.15, 0.2) is 0 Å². The molecule has 0 aliphatic heterocycles. The fourth-order valence-electron chi connectivity index (χ4n) is 2.54. The molecule has 2 heterocycles. The molecule has 0 saturated heterocycles. The van der Waals surface area contributed by atoms with Crippen LogP contribution in [0, 0.1) is 19.8 Å². The smallest absolute Gasteiger partial charge is 0.261 e. The number of carbonyl (C=O) groups excluding carboxylic acids is 2. The van der Waals surface area contributed by atoms with Crippen molar-refractivity contribution in [1.29, 1.82) is 0 Å². The Morgan fingerprint density at radius 2 is 1.69 bits per heavy atom. The van der Waals surface area contributed by atoms with Crippen molar-refractivity contribution in [2.75, 3.05) is 13.1 Å². The fourth-order valence-corrected chi connectivity index (χ4v) is 3.69. The van der Waals surface area contributed by atoms with E-state index in [0.717, 1.165) is 27.3 Å². The van der Waals surface area contributed by atoms with E-state index in [1.807, 2.05) is 27.7 Å². The highest BCUT2D eigenvalue weighted by Crippen LogP contribution is 2.33. The number of fused-ring (bicyclic) bond motifs is 1. The minimum atomic E-state index is -0.145. The van der Waals surface area contributed by atoms with Gasteiger partial charge in [-0.05, 0) is 19.4 Å². The first-order valence-corrected chi connectivity index (χ1v) is 9.68. The number of rotatable bonds is 5. The SMILES string of the molecule is Cc1nc(C(C)(C)C)nc2sc(C(=O)NCCNC(=O)C(C)C)c(C)c12. The number of aromatic nitrogens is 2. The van der Waals surface area contributed by atoms with Gasteiger partial charge in [-0.15, -0.1) is 11.3 Å². The third-order valence-electron chi connectivity index (χ3n) is 4.08. The molecular formula is C19H28N4O2S. The number of hydrogen-bond donors (Lipinski definition) is 2. The van der Waals surface area contributed by atoms with Gasteiger partial charge in [-0.3, -0.25) is 9.59 Å². The molecule has 6 nitrogen and oxygen atoms in total. The molecule has 0 aliphatic carbocycles. The minimum absolute atomic E-state index is 0.0158. The lowest BCUT2D eigenvalue weighted by Crippen LogP contribution is -2.36. The van der Waals surface area contributed by atoms with Gasteiger partial charge in [0.15, 0.2) is 0 Å². The lowest BCUT2D eigenvalue weighted by Gasteiger charge is -2.16. The molecule has 0 fully saturated rings. The average Bonchev–Trinajstić information content (AvgIpc) is 2.87. The van der Waals surface area contributed by atoms with Crippen molar-refractivity contribution in [3.8, 4) is 0 Å².